The summed E-state index contributed by atoms with van der Waals surface area (Å²) in [5.41, 5.74) is 0.469. The van der Waals surface area contributed by atoms with Crippen molar-refractivity contribution in [2.45, 2.75) is 20.3 Å². The molecule has 1 rings (SSSR count). The number of carbonyl (C=O) groups is 1. The van der Waals surface area contributed by atoms with Crippen LogP contribution in [0.2, 0.25) is 0 Å². The van der Waals surface area contributed by atoms with Crippen LogP contribution in [0.25, 0.3) is 0 Å². The van der Waals surface area contributed by atoms with Crippen molar-refractivity contribution in [3.63, 3.8) is 0 Å². The standard InChI is InChI=1S/C10H16N2O3/c1-3-4-12(5-6-13)10(14)9-7-11-15-8(9)2/h7,13H,3-6H2,1-2H3. The molecule has 1 N–H and O–H groups in total. The van der Waals surface area contributed by atoms with E-state index in [1.807, 2.05) is 6.92 Å². The molecule has 0 aliphatic rings. The molecule has 0 spiro atoms. The fourth-order valence-corrected chi connectivity index (χ4v) is 1.38. The molecule has 0 aliphatic heterocycles. The smallest absolute Gasteiger partial charge is 0.259 e. The minimum atomic E-state index is -0.135. The van der Waals surface area contributed by atoms with E-state index in [4.69, 9.17) is 9.63 Å². The summed E-state index contributed by atoms with van der Waals surface area (Å²) in [4.78, 5) is 13.5. The number of aryl methyl sites for hydroxylation is 1. The molecule has 0 unspecified atom stereocenters. The lowest BCUT2D eigenvalue weighted by atomic mass is 10.2. The second kappa shape index (κ2) is 5.50. The first-order valence-corrected chi connectivity index (χ1v) is 5.02. The Labute approximate surface area is 88.7 Å². The number of hydrogen-bond donors (Lipinski definition) is 1. The van der Waals surface area contributed by atoms with Crippen LogP contribution in [0.5, 0.6) is 0 Å². The van der Waals surface area contributed by atoms with E-state index in [2.05, 4.69) is 5.16 Å². The third-order valence-corrected chi connectivity index (χ3v) is 2.13. The molecule has 0 radical (unpaired) electrons. The highest BCUT2D eigenvalue weighted by atomic mass is 16.5. The maximum Gasteiger partial charge on any atom is 0.259 e. The summed E-state index contributed by atoms with van der Waals surface area (Å²) < 4.78 is 4.83. The Morgan fingerprint density at radius 3 is 2.80 bits per heavy atom. The first-order chi connectivity index (χ1) is 7.20. The number of hydrogen-bond acceptors (Lipinski definition) is 4. The molecule has 0 bridgehead atoms. The van der Waals surface area contributed by atoms with Crippen LogP contribution < -0.4 is 0 Å². The number of carbonyl (C=O) groups excluding carboxylic acids is 1. The summed E-state index contributed by atoms with van der Waals surface area (Å²) >= 11 is 0. The molecule has 0 saturated heterocycles. The normalized spacial score (nSPS) is 10.3. The van der Waals surface area contributed by atoms with Gasteiger partial charge in [-0.3, -0.25) is 4.79 Å². The van der Waals surface area contributed by atoms with Crippen LogP contribution in [-0.4, -0.2) is 40.8 Å². The van der Waals surface area contributed by atoms with Gasteiger partial charge in [-0.1, -0.05) is 12.1 Å². The maximum absolute atomic E-state index is 11.9. The summed E-state index contributed by atoms with van der Waals surface area (Å²) in [6.45, 7) is 4.62. The number of aromatic nitrogens is 1. The quantitative estimate of drug-likeness (QED) is 0.785. The topological polar surface area (TPSA) is 66.6 Å². The summed E-state index contributed by atoms with van der Waals surface area (Å²) in [6.07, 6.45) is 2.27. The van der Waals surface area contributed by atoms with Crippen LogP contribution >= 0.6 is 0 Å². The van der Waals surface area contributed by atoms with Crippen molar-refractivity contribution in [2.75, 3.05) is 19.7 Å². The third-order valence-electron chi connectivity index (χ3n) is 2.13. The van der Waals surface area contributed by atoms with Gasteiger partial charge in [-0.15, -0.1) is 0 Å². The molecule has 1 amide bonds. The largest absolute Gasteiger partial charge is 0.395 e. The molecule has 0 saturated carbocycles. The Morgan fingerprint density at radius 2 is 2.33 bits per heavy atom. The van der Waals surface area contributed by atoms with E-state index >= 15 is 0 Å². The van der Waals surface area contributed by atoms with Crippen molar-refractivity contribution in [1.82, 2.24) is 10.1 Å². The highest BCUT2D eigenvalue weighted by molar-refractivity contribution is 5.94. The summed E-state index contributed by atoms with van der Waals surface area (Å²) in [5, 5.41) is 12.4. The number of aliphatic hydroxyl groups is 1. The van der Waals surface area contributed by atoms with Crippen LogP contribution in [0.3, 0.4) is 0 Å². The predicted molar refractivity (Wildman–Crippen MR) is 54.5 cm³/mol. The van der Waals surface area contributed by atoms with Gasteiger partial charge in [0, 0.05) is 13.1 Å². The van der Waals surface area contributed by atoms with Crippen molar-refractivity contribution in [2.24, 2.45) is 0 Å². The van der Waals surface area contributed by atoms with Crippen molar-refractivity contribution >= 4 is 5.91 Å². The van der Waals surface area contributed by atoms with Crippen LogP contribution in [0.1, 0.15) is 29.5 Å². The van der Waals surface area contributed by atoms with E-state index in [1.165, 1.54) is 6.20 Å². The van der Waals surface area contributed by atoms with E-state index < -0.39 is 0 Å². The zero-order valence-electron chi connectivity index (χ0n) is 9.06. The highest BCUT2D eigenvalue weighted by Gasteiger charge is 2.18. The monoisotopic (exact) mass is 212 g/mol. The Morgan fingerprint density at radius 1 is 1.60 bits per heavy atom. The van der Waals surface area contributed by atoms with Crippen molar-refractivity contribution in [3.8, 4) is 0 Å². The van der Waals surface area contributed by atoms with Gasteiger partial charge in [-0.25, -0.2) is 0 Å². The summed E-state index contributed by atoms with van der Waals surface area (Å²) in [5.74, 6) is 0.378. The van der Waals surface area contributed by atoms with Crippen LogP contribution in [0.15, 0.2) is 10.7 Å². The molecule has 1 heterocycles. The Balaban J connectivity index is 2.76. The predicted octanol–water partition coefficient (Wildman–Crippen LogP) is 0.828. The minimum Gasteiger partial charge on any atom is -0.395 e. The molecule has 5 heteroatoms. The van der Waals surface area contributed by atoms with Crippen molar-refractivity contribution in [3.05, 3.63) is 17.5 Å². The first-order valence-electron chi connectivity index (χ1n) is 5.02. The second-order valence-corrected chi connectivity index (χ2v) is 3.31. The lowest BCUT2D eigenvalue weighted by Gasteiger charge is -2.20. The molecular formula is C10H16N2O3. The summed E-state index contributed by atoms with van der Waals surface area (Å²) in [6, 6.07) is 0. The van der Waals surface area contributed by atoms with Gasteiger partial charge in [0.15, 0.2) is 0 Å². The van der Waals surface area contributed by atoms with Crippen LogP contribution in [0.4, 0.5) is 0 Å². The molecule has 0 atom stereocenters. The average molecular weight is 212 g/mol. The fraction of sp³-hybridized carbons (Fsp3) is 0.600. The first kappa shape index (κ1) is 11.7. The molecule has 1 aromatic rings. The average Bonchev–Trinajstić information content (AvgIpc) is 2.63. The Kier molecular flexibility index (Phi) is 4.30. The van der Waals surface area contributed by atoms with E-state index in [0.717, 1.165) is 6.42 Å². The van der Waals surface area contributed by atoms with Gasteiger partial charge in [0.2, 0.25) is 0 Å². The van der Waals surface area contributed by atoms with E-state index in [-0.39, 0.29) is 12.5 Å². The van der Waals surface area contributed by atoms with Gasteiger partial charge in [0.1, 0.15) is 11.3 Å². The van der Waals surface area contributed by atoms with E-state index in [9.17, 15) is 4.79 Å². The fourth-order valence-electron chi connectivity index (χ4n) is 1.38. The van der Waals surface area contributed by atoms with Gasteiger partial charge in [0.05, 0.1) is 12.8 Å². The lowest BCUT2D eigenvalue weighted by Crippen LogP contribution is -2.34. The number of amides is 1. The summed E-state index contributed by atoms with van der Waals surface area (Å²) in [7, 11) is 0. The Bertz CT molecular complexity index is 316. The minimum absolute atomic E-state index is 0.0317. The third kappa shape index (κ3) is 2.79. The molecule has 0 aliphatic carbocycles. The number of aliphatic hydroxyl groups excluding tert-OH is 1. The zero-order chi connectivity index (χ0) is 11.3. The molecule has 15 heavy (non-hydrogen) atoms. The second-order valence-electron chi connectivity index (χ2n) is 3.31. The molecule has 84 valence electrons. The Hall–Kier alpha value is -1.36. The van der Waals surface area contributed by atoms with Crippen molar-refractivity contribution in [1.29, 1.82) is 0 Å². The van der Waals surface area contributed by atoms with Gasteiger partial charge < -0.3 is 14.5 Å². The molecular weight excluding hydrogens is 196 g/mol. The number of nitrogens with zero attached hydrogens (tertiary/aromatic N) is 2. The molecule has 1 aromatic heterocycles. The van der Waals surface area contributed by atoms with Crippen LogP contribution in [-0.2, 0) is 0 Å². The molecule has 0 aromatic carbocycles. The maximum atomic E-state index is 11.9. The molecule has 5 nitrogen and oxygen atoms in total. The van der Waals surface area contributed by atoms with Gasteiger partial charge in [0.25, 0.3) is 5.91 Å². The van der Waals surface area contributed by atoms with E-state index in [0.29, 0.717) is 24.4 Å². The SMILES string of the molecule is CCCN(CCO)C(=O)c1cnoc1C. The van der Waals surface area contributed by atoms with Gasteiger partial charge in [-0.2, -0.15) is 0 Å². The van der Waals surface area contributed by atoms with E-state index in [1.54, 1.807) is 11.8 Å². The van der Waals surface area contributed by atoms with Gasteiger partial charge >= 0.3 is 0 Å². The lowest BCUT2D eigenvalue weighted by molar-refractivity contribution is 0.0720. The van der Waals surface area contributed by atoms with Crippen molar-refractivity contribution < 1.29 is 14.4 Å². The highest BCUT2D eigenvalue weighted by Crippen LogP contribution is 2.10. The van der Waals surface area contributed by atoms with Gasteiger partial charge in [-0.05, 0) is 13.3 Å². The zero-order valence-corrected chi connectivity index (χ0v) is 9.06. The molecule has 0 fully saturated rings. The number of rotatable bonds is 5. The van der Waals surface area contributed by atoms with Crippen LogP contribution in [0, 0.1) is 6.92 Å².